The Morgan fingerprint density at radius 1 is 1.43 bits per heavy atom. The molecule has 1 aromatic carbocycles. The lowest BCUT2D eigenvalue weighted by molar-refractivity contribution is 0.140. The maximum atomic E-state index is 13.6. The van der Waals surface area contributed by atoms with Crippen molar-refractivity contribution in [1.29, 1.82) is 0 Å². The smallest absolute Gasteiger partial charge is 0.168 e. The van der Waals surface area contributed by atoms with Gasteiger partial charge in [0.2, 0.25) is 0 Å². The van der Waals surface area contributed by atoms with Gasteiger partial charge in [0, 0.05) is 6.42 Å². The van der Waals surface area contributed by atoms with Crippen molar-refractivity contribution in [1.82, 2.24) is 0 Å². The second-order valence-electron chi connectivity index (χ2n) is 3.06. The molecule has 14 heavy (non-hydrogen) atoms. The molecule has 3 nitrogen and oxygen atoms in total. The van der Waals surface area contributed by atoms with Crippen LogP contribution in [0.1, 0.15) is 11.1 Å². The Labute approximate surface area is 82.6 Å². The molecule has 0 saturated heterocycles. The van der Waals surface area contributed by atoms with Crippen molar-refractivity contribution in [2.45, 2.75) is 13.3 Å². The van der Waals surface area contributed by atoms with Gasteiger partial charge in [-0.2, -0.15) is 0 Å². The van der Waals surface area contributed by atoms with Crippen LogP contribution in [-0.4, -0.2) is 13.7 Å². The van der Waals surface area contributed by atoms with Gasteiger partial charge in [0.05, 0.1) is 13.7 Å². The highest BCUT2D eigenvalue weighted by atomic mass is 19.1. The number of hydrogen-bond donors (Lipinski definition) is 1. The van der Waals surface area contributed by atoms with Gasteiger partial charge >= 0.3 is 0 Å². The zero-order valence-electron chi connectivity index (χ0n) is 8.34. The first-order valence-corrected chi connectivity index (χ1v) is 4.33. The number of ether oxygens (including phenoxy) is 1. The Kier molecular flexibility index (Phi) is 3.85. The van der Waals surface area contributed by atoms with Crippen molar-refractivity contribution >= 4 is 0 Å². The van der Waals surface area contributed by atoms with E-state index in [2.05, 4.69) is 4.84 Å². The van der Waals surface area contributed by atoms with Crippen LogP contribution in [0.15, 0.2) is 12.1 Å². The van der Waals surface area contributed by atoms with E-state index < -0.39 is 0 Å². The number of halogens is 1. The van der Waals surface area contributed by atoms with Crippen LogP contribution in [0.4, 0.5) is 4.39 Å². The second-order valence-corrected chi connectivity index (χ2v) is 3.06. The predicted octanol–water partition coefficient (Wildman–Crippen LogP) is 1.58. The molecule has 2 N–H and O–H groups in total. The van der Waals surface area contributed by atoms with Crippen molar-refractivity contribution < 1.29 is 14.0 Å². The van der Waals surface area contributed by atoms with E-state index in [0.717, 1.165) is 5.56 Å². The van der Waals surface area contributed by atoms with Gasteiger partial charge in [-0.3, -0.25) is 0 Å². The van der Waals surface area contributed by atoms with Crippen molar-refractivity contribution in [3.8, 4) is 5.75 Å². The van der Waals surface area contributed by atoms with Crippen LogP contribution >= 0.6 is 0 Å². The summed E-state index contributed by atoms with van der Waals surface area (Å²) in [7, 11) is 1.45. The monoisotopic (exact) mass is 199 g/mol. The van der Waals surface area contributed by atoms with Gasteiger partial charge in [-0.1, -0.05) is 6.07 Å². The Morgan fingerprint density at radius 3 is 2.71 bits per heavy atom. The van der Waals surface area contributed by atoms with Gasteiger partial charge < -0.3 is 9.57 Å². The fraction of sp³-hybridized carbons (Fsp3) is 0.400. The van der Waals surface area contributed by atoms with Gasteiger partial charge in [0.1, 0.15) is 0 Å². The molecule has 0 spiro atoms. The summed E-state index contributed by atoms with van der Waals surface area (Å²) < 4.78 is 18.5. The molecule has 0 aliphatic rings. The molecule has 1 rings (SSSR count). The standard InChI is InChI=1S/C10H14FNO2/c1-7-5-8(3-4-14-12)10(11)9(6-7)13-2/h5-6H,3-4,12H2,1-2H3. The second kappa shape index (κ2) is 4.93. The summed E-state index contributed by atoms with van der Waals surface area (Å²) in [6, 6.07) is 3.42. The molecule has 0 aliphatic heterocycles. The fourth-order valence-electron chi connectivity index (χ4n) is 1.31. The molecule has 0 bridgehead atoms. The van der Waals surface area contributed by atoms with Crippen LogP contribution in [0, 0.1) is 12.7 Å². The maximum Gasteiger partial charge on any atom is 0.168 e. The molecule has 78 valence electrons. The highest BCUT2D eigenvalue weighted by Gasteiger charge is 2.09. The van der Waals surface area contributed by atoms with Crippen LogP contribution in [0.25, 0.3) is 0 Å². The van der Waals surface area contributed by atoms with E-state index in [0.29, 0.717) is 18.6 Å². The molecule has 0 aromatic heterocycles. The molecular weight excluding hydrogens is 185 g/mol. The molecule has 0 radical (unpaired) electrons. The number of aryl methyl sites for hydroxylation is 1. The van der Waals surface area contributed by atoms with Crippen molar-refractivity contribution in [2.75, 3.05) is 13.7 Å². The third-order valence-corrected chi connectivity index (χ3v) is 1.97. The van der Waals surface area contributed by atoms with Crippen LogP contribution < -0.4 is 10.6 Å². The summed E-state index contributed by atoms with van der Waals surface area (Å²) in [6.07, 6.45) is 0.445. The van der Waals surface area contributed by atoms with E-state index in [1.54, 1.807) is 12.1 Å². The van der Waals surface area contributed by atoms with E-state index in [-0.39, 0.29) is 11.6 Å². The third-order valence-electron chi connectivity index (χ3n) is 1.97. The fourth-order valence-corrected chi connectivity index (χ4v) is 1.31. The minimum Gasteiger partial charge on any atom is -0.494 e. The van der Waals surface area contributed by atoms with E-state index in [4.69, 9.17) is 10.6 Å². The van der Waals surface area contributed by atoms with Gasteiger partial charge in [0.25, 0.3) is 0 Å². The summed E-state index contributed by atoms with van der Waals surface area (Å²) in [6.45, 7) is 2.18. The average molecular weight is 199 g/mol. The first kappa shape index (κ1) is 10.9. The molecule has 0 unspecified atom stereocenters. The van der Waals surface area contributed by atoms with Gasteiger partial charge in [-0.25, -0.2) is 10.3 Å². The van der Waals surface area contributed by atoms with Crippen LogP contribution in [-0.2, 0) is 11.3 Å². The first-order valence-electron chi connectivity index (χ1n) is 4.33. The molecule has 4 heteroatoms. The number of rotatable bonds is 4. The predicted molar refractivity (Wildman–Crippen MR) is 51.5 cm³/mol. The van der Waals surface area contributed by atoms with Crippen molar-refractivity contribution in [3.05, 3.63) is 29.1 Å². The lowest BCUT2D eigenvalue weighted by atomic mass is 10.1. The van der Waals surface area contributed by atoms with Crippen LogP contribution in [0.2, 0.25) is 0 Å². The number of benzene rings is 1. The summed E-state index contributed by atoms with van der Waals surface area (Å²) >= 11 is 0. The van der Waals surface area contributed by atoms with Crippen molar-refractivity contribution in [3.63, 3.8) is 0 Å². The van der Waals surface area contributed by atoms with Gasteiger partial charge in [-0.05, 0) is 24.1 Å². The van der Waals surface area contributed by atoms with E-state index in [9.17, 15) is 4.39 Å². The Balaban J connectivity index is 2.96. The third kappa shape index (κ3) is 2.43. The van der Waals surface area contributed by atoms with Crippen LogP contribution in [0.3, 0.4) is 0 Å². The summed E-state index contributed by atoms with van der Waals surface area (Å²) in [4.78, 5) is 4.41. The first-order chi connectivity index (χ1) is 6.69. The number of methoxy groups -OCH3 is 1. The zero-order valence-corrected chi connectivity index (χ0v) is 8.34. The van der Waals surface area contributed by atoms with E-state index >= 15 is 0 Å². The van der Waals surface area contributed by atoms with E-state index in [1.807, 2.05) is 6.92 Å². The molecule has 0 heterocycles. The summed E-state index contributed by atoms with van der Waals surface area (Å²) in [5.74, 6) is 4.80. The Morgan fingerprint density at radius 2 is 2.14 bits per heavy atom. The molecule has 0 atom stereocenters. The summed E-state index contributed by atoms with van der Waals surface area (Å²) in [5.41, 5.74) is 1.52. The minimum atomic E-state index is -0.338. The van der Waals surface area contributed by atoms with Gasteiger partial charge in [-0.15, -0.1) is 0 Å². The molecule has 0 amide bonds. The number of hydrogen-bond acceptors (Lipinski definition) is 3. The summed E-state index contributed by atoms with van der Waals surface area (Å²) in [5, 5.41) is 0. The minimum absolute atomic E-state index is 0.261. The Bertz CT molecular complexity index is 315. The molecular formula is C10H14FNO2. The highest BCUT2D eigenvalue weighted by Crippen LogP contribution is 2.22. The number of nitrogens with two attached hydrogens (primary N) is 1. The highest BCUT2D eigenvalue weighted by molar-refractivity contribution is 5.35. The Hall–Kier alpha value is -1.13. The average Bonchev–Trinajstić information content (AvgIpc) is 2.18. The van der Waals surface area contributed by atoms with Crippen LogP contribution in [0.5, 0.6) is 5.75 Å². The van der Waals surface area contributed by atoms with E-state index in [1.165, 1.54) is 7.11 Å². The zero-order chi connectivity index (χ0) is 10.6. The molecule has 0 saturated carbocycles. The lowest BCUT2D eigenvalue weighted by Crippen LogP contribution is -2.06. The molecule has 0 fully saturated rings. The molecule has 0 aliphatic carbocycles. The quantitative estimate of drug-likeness (QED) is 0.749. The molecule has 1 aromatic rings. The van der Waals surface area contributed by atoms with Crippen molar-refractivity contribution in [2.24, 2.45) is 5.90 Å². The SMILES string of the molecule is COc1cc(C)cc(CCON)c1F. The lowest BCUT2D eigenvalue weighted by Gasteiger charge is -2.08. The largest absolute Gasteiger partial charge is 0.494 e. The normalized spacial score (nSPS) is 10.3. The maximum absolute atomic E-state index is 13.6. The topological polar surface area (TPSA) is 44.5 Å². The van der Waals surface area contributed by atoms with Gasteiger partial charge in [0.15, 0.2) is 11.6 Å².